The average molecular weight is 224 g/mol. The summed E-state index contributed by atoms with van der Waals surface area (Å²) in [5.41, 5.74) is -0.262. The Morgan fingerprint density at radius 3 is 2.88 bits per heavy atom. The van der Waals surface area contributed by atoms with Crippen LogP contribution >= 0.6 is 0 Å². The maximum atomic E-state index is 11.5. The summed E-state index contributed by atoms with van der Waals surface area (Å²) in [6.07, 6.45) is 8.86. The van der Waals surface area contributed by atoms with E-state index in [1.165, 1.54) is 19.3 Å². The minimum atomic E-state index is -0.262. The van der Waals surface area contributed by atoms with Crippen LogP contribution in [0.1, 0.15) is 51.9 Å². The van der Waals surface area contributed by atoms with Gasteiger partial charge < -0.3 is 9.47 Å². The van der Waals surface area contributed by atoms with Gasteiger partial charge in [-0.05, 0) is 25.3 Å². The first kappa shape index (κ1) is 11.6. The van der Waals surface area contributed by atoms with Crippen molar-refractivity contribution in [3.8, 4) is 0 Å². The van der Waals surface area contributed by atoms with Gasteiger partial charge in [-0.1, -0.05) is 26.2 Å². The smallest absolute Gasteiger partial charge is 0.310 e. The van der Waals surface area contributed by atoms with Crippen LogP contribution in [0.4, 0.5) is 0 Å². The molecule has 0 amide bonds. The lowest BCUT2D eigenvalue weighted by molar-refractivity contribution is -0.144. The van der Waals surface area contributed by atoms with Crippen molar-refractivity contribution in [2.75, 3.05) is 6.61 Å². The molecule has 1 heterocycles. The van der Waals surface area contributed by atoms with E-state index in [2.05, 4.69) is 0 Å². The fourth-order valence-electron chi connectivity index (χ4n) is 2.56. The highest BCUT2D eigenvalue weighted by Gasteiger charge is 2.42. The molecule has 1 aliphatic heterocycles. The van der Waals surface area contributed by atoms with Gasteiger partial charge in [0.15, 0.2) is 0 Å². The SMILES string of the molecule is CCCC(=O)OC1=CCOC12CCCCC2. The molecule has 1 aliphatic carbocycles. The summed E-state index contributed by atoms with van der Waals surface area (Å²) in [6, 6.07) is 0. The third kappa shape index (κ3) is 2.29. The molecule has 0 saturated heterocycles. The Morgan fingerprint density at radius 1 is 1.44 bits per heavy atom. The standard InChI is InChI=1S/C13H20O3/c1-2-6-12(14)16-11-7-10-15-13(11)8-4-3-5-9-13/h7H,2-6,8-10H2,1H3. The third-order valence-corrected chi connectivity index (χ3v) is 3.42. The van der Waals surface area contributed by atoms with E-state index >= 15 is 0 Å². The molecule has 3 nitrogen and oxygen atoms in total. The maximum absolute atomic E-state index is 11.5. The average Bonchev–Trinajstić information content (AvgIpc) is 2.63. The number of rotatable bonds is 3. The van der Waals surface area contributed by atoms with Crippen LogP contribution in [0, 0.1) is 0 Å². The Labute approximate surface area is 96.8 Å². The normalized spacial score (nSPS) is 23.2. The van der Waals surface area contributed by atoms with Gasteiger partial charge in [0.05, 0.1) is 6.61 Å². The molecule has 0 radical (unpaired) electrons. The van der Waals surface area contributed by atoms with Crippen molar-refractivity contribution in [2.24, 2.45) is 0 Å². The van der Waals surface area contributed by atoms with Crippen LogP contribution in [0.25, 0.3) is 0 Å². The summed E-state index contributed by atoms with van der Waals surface area (Å²) >= 11 is 0. The van der Waals surface area contributed by atoms with Gasteiger partial charge in [-0.2, -0.15) is 0 Å². The monoisotopic (exact) mass is 224 g/mol. The summed E-state index contributed by atoms with van der Waals surface area (Å²) in [6.45, 7) is 2.58. The lowest BCUT2D eigenvalue weighted by Gasteiger charge is -2.34. The second-order valence-corrected chi connectivity index (χ2v) is 4.66. The molecule has 0 aromatic rings. The fourth-order valence-corrected chi connectivity index (χ4v) is 2.56. The van der Waals surface area contributed by atoms with E-state index in [9.17, 15) is 4.79 Å². The van der Waals surface area contributed by atoms with E-state index in [0.29, 0.717) is 13.0 Å². The molecule has 1 spiro atoms. The van der Waals surface area contributed by atoms with E-state index in [4.69, 9.17) is 9.47 Å². The highest BCUT2D eigenvalue weighted by atomic mass is 16.6. The number of hydrogen-bond acceptors (Lipinski definition) is 3. The van der Waals surface area contributed by atoms with E-state index < -0.39 is 0 Å². The van der Waals surface area contributed by atoms with E-state index in [1.807, 2.05) is 13.0 Å². The second-order valence-electron chi connectivity index (χ2n) is 4.66. The van der Waals surface area contributed by atoms with Crippen molar-refractivity contribution >= 4 is 5.97 Å². The predicted molar refractivity (Wildman–Crippen MR) is 60.9 cm³/mol. The molecule has 16 heavy (non-hydrogen) atoms. The summed E-state index contributed by atoms with van der Waals surface area (Å²) in [5, 5.41) is 0. The highest BCUT2D eigenvalue weighted by Crippen LogP contribution is 2.41. The molecule has 0 aromatic heterocycles. The summed E-state index contributed by atoms with van der Waals surface area (Å²) < 4.78 is 11.2. The number of carbonyl (C=O) groups is 1. The van der Waals surface area contributed by atoms with Crippen molar-refractivity contribution in [1.82, 2.24) is 0 Å². The van der Waals surface area contributed by atoms with Crippen molar-refractivity contribution in [1.29, 1.82) is 0 Å². The van der Waals surface area contributed by atoms with Gasteiger partial charge in [-0.15, -0.1) is 0 Å². The second kappa shape index (κ2) is 5.00. The molecule has 0 bridgehead atoms. The van der Waals surface area contributed by atoms with E-state index in [0.717, 1.165) is 25.0 Å². The Morgan fingerprint density at radius 2 is 2.19 bits per heavy atom. The molecular weight excluding hydrogens is 204 g/mol. The lowest BCUT2D eigenvalue weighted by Crippen LogP contribution is -2.35. The molecule has 2 rings (SSSR count). The topological polar surface area (TPSA) is 35.5 Å². The molecule has 1 saturated carbocycles. The summed E-state index contributed by atoms with van der Waals surface area (Å²) in [5.74, 6) is 0.662. The van der Waals surface area contributed by atoms with Gasteiger partial charge in [0, 0.05) is 6.42 Å². The predicted octanol–water partition coefficient (Wildman–Crippen LogP) is 2.95. The minimum absolute atomic E-state index is 0.121. The quantitative estimate of drug-likeness (QED) is 0.691. The Hall–Kier alpha value is -0.830. The first-order valence-electron chi connectivity index (χ1n) is 6.32. The Balaban J connectivity index is 1.99. The molecule has 1 fully saturated rings. The van der Waals surface area contributed by atoms with Crippen molar-refractivity contribution < 1.29 is 14.3 Å². The molecule has 3 heteroatoms. The number of esters is 1. The number of ether oxygens (including phenoxy) is 2. The Bertz CT molecular complexity index is 288. The zero-order chi connectivity index (χ0) is 11.4. The maximum Gasteiger partial charge on any atom is 0.310 e. The van der Waals surface area contributed by atoms with Gasteiger partial charge in [-0.25, -0.2) is 0 Å². The first-order valence-corrected chi connectivity index (χ1v) is 6.32. The lowest BCUT2D eigenvalue weighted by atomic mass is 9.84. The molecule has 0 unspecified atom stereocenters. The number of hydrogen-bond donors (Lipinski definition) is 0. The molecule has 0 atom stereocenters. The zero-order valence-electron chi connectivity index (χ0n) is 9.96. The highest BCUT2D eigenvalue weighted by molar-refractivity contribution is 5.70. The fraction of sp³-hybridized carbons (Fsp3) is 0.769. The van der Waals surface area contributed by atoms with Crippen LogP contribution in [-0.4, -0.2) is 18.2 Å². The molecule has 0 N–H and O–H groups in total. The van der Waals surface area contributed by atoms with Gasteiger partial charge in [-0.3, -0.25) is 4.79 Å². The van der Waals surface area contributed by atoms with Gasteiger partial charge in [0.25, 0.3) is 0 Å². The summed E-state index contributed by atoms with van der Waals surface area (Å²) in [7, 11) is 0. The van der Waals surface area contributed by atoms with Crippen LogP contribution in [0.2, 0.25) is 0 Å². The van der Waals surface area contributed by atoms with Crippen LogP contribution in [0.3, 0.4) is 0 Å². The third-order valence-electron chi connectivity index (χ3n) is 3.42. The van der Waals surface area contributed by atoms with Crippen molar-refractivity contribution in [3.63, 3.8) is 0 Å². The first-order chi connectivity index (χ1) is 7.77. The minimum Gasteiger partial charge on any atom is -0.428 e. The van der Waals surface area contributed by atoms with Crippen LogP contribution in [-0.2, 0) is 14.3 Å². The summed E-state index contributed by atoms with van der Waals surface area (Å²) in [4.78, 5) is 11.5. The van der Waals surface area contributed by atoms with Gasteiger partial charge >= 0.3 is 5.97 Å². The Kier molecular flexibility index (Phi) is 3.64. The molecular formula is C13H20O3. The van der Waals surface area contributed by atoms with E-state index in [1.54, 1.807) is 0 Å². The van der Waals surface area contributed by atoms with Gasteiger partial charge in [0.1, 0.15) is 11.4 Å². The van der Waals surface area contributed by atoms with Crippen LogP contribution in [0.5, 0.6) is 0 Å². The van der Waals surface area contributed by atoms with Crippen molar-refractivity contribution in [2.45, 2.75) is 57.5 Å². The van der Waals surface area contributed by atoms with Crippen LogP contribution in [0.15, 0.2) is 11.8 Å². The van der Waals surface area contributed by atoms with Crippen LogP contribution < -0.4 is 0 Å². The zero-order valence-corrected chi connectivity index (χ0v) is 9.96. The van der Waals surface area contributed by atoms with Gasteiger partial charge in [0.2, 0.25) is 0 Å². The molecule has 90 valence electrons. The molecule has 2 aliphatic rings. The largest absolute Gasteiger partial charge is 0.428 e. The van der Waals surface area contributed by atoms with Crippen molar-refractivity contribution in [3.05, 3.63) is 11.8 Å². The molecule has 0 aromatic carbocycles. The number of carbonyl (C=O) groups excluding carboxylic acids is 1. The van der Waals surface area contributed by atoms with E-state index in [-0.39, 0.29) is 11.6 Å².